The zero-order valence-electron chi connectivity index (χ0n) is 19.9. The Morgan fingerprint density at radius 2 is 1.48 bits per heavy atom. The molecule has 0 aliphatic carbocycles. The normalized spacial score (nSPS) is 31.8. The summed E-state index contributed by atoms with van der Waals surface area (Å²) in [5.41, 5.74) is 2.78. The van der Waals surface area contributed by atoms with Crippen molar-refractivity contribution in [2.45, 2.75) is 85.1 Å². The molecule has 0 amide bonds. The number of phosphoric ester groups is 1. The van der Waals surface area contributed by atoms with Crippen LogP contribution in [-0.4, -0.2) is 44.8 Å². The number of aliphatic hydroxyl groups excluding tert-OH is 1. The second kappa shape index (κ2) is 10.3. The Bertz CT molecular complexity index is 982. The quantitative estimate of drug-likeness (QED) is 0.139. The summed E-state index contributed by atoms with van der Waals surface area (Å²) in [7, 11) is -4.60. The first kappa shape index (κ1) is 27.5. The monoisotopic (exact) mass is 484 g/mol. The van der Waals surface area contributed by atoms with Gasteiger partial charge in [-0.3, -0.25) is 14.1 Å². The molecule has 0 aromatic carbocycles. The smallest absolute Gasteiger partial charge is 0.363 e. The minimum Gasteiger partial charge on any atom is -0.363 e. The number of rotatable bonds is 10. The molecular weight excluding hydrogens is 451 g/mol. The number of carbonyl (C=O) groups excluding carboxylic acids is 2. The zero-order chi connectivity index (χ0) is 25.2. The molecule has 2 bridgehead atoms. The summed E-state index contributed by atoms with van der Waals surface area (Å²) >= 11 is 0. The van der Waals surface area contributed by atoms with Crippen LogP contribution in [0.5, 0.6) is 0 Å². The Kier molecular flexibility index (Phi) is 8.57. The van der Waals surface area contributed by atoms with Crippen LogP contribution in [0, 0.1) is 0 Å². The molecule has 4 atom stereocenters. The van der Waals surface area contributed by atoms with Crippen LogP contribution >= 0.6 is 7.82 Å². The SMILES string of the molecule is CC(C)=CCC/C(C)=C/C(=O)/C(C(=O)C1(O)OP2(=O)OC(O)C1(O)O2)=C(/C)CCC=C(C)C. The van der Waals surface area contributed by atoms with Gasteiger partial charge < -0.3 is 15.3 Å². The van der Waals surface area contributed by atoms with E-state index in [0.29, 0.717) is 36.8 Å². The van der Waals surface area contributed by atoms with Gasteiger partial charge in [0.25, 0.3) is 5.79 Å². The number of Topliss-reactive ketones (excluding diaryl/α,β-unsaturated/α-hetero) is 1. The predicted octanol–water partition coefficient (Wildman–Crippen LogP) is 3.76. The maximum absolute atomic E-state index is 13.4. The van der Waals surface area contributed by atoms with Gasteiger partial charge in [0.1, 0.15) is 0 Å². The Morgan fingerprint density at radius 3 is 1.97 bits per heavy atom. The van der Waals surface area contributed by atoms with Crippen molar-refractivity contribution in [3.05, 3.63) is 46.1 Å². The molecule has 2 aliphatic rings. The van der Waals surface area contributed by atoms with E-state index in [2.05, 4.69) is 9.05 Å². The average molecular weight is 484 g/mol. The fourth-order valence-corrected chi connectivity index (χ4v) is 5.08. The molecule has 0 radical (unpaired) electrons. The van der Waals surface area contributed by atoms with E-state index in [1.165, 1.54) is 6.08 Å². The van der Waals surface area contributed by atoms with Crippen molar-refractivity contribution in [3.8, 4) is 0 Å². The van der Waals surface area contributed by atoms with E-state index < -0.39 is 42.8 Å². The highest BCUT2D eigenvalue weighted by Gasteiger charge is 2.80. The second-order valence-electron chi connectivity index (χ2n) is 8.91. The lowest BCUT2D eigenvalue weighted by molar-refractivity contribution is -0.338. The van der Waals surface area contributed by atoms with Gasteiger partial charge in [0.15, 0.2) is 5.78 Å². The van der Waals surface area contributed by atoms with Gasteiger partial charge in [-0.05, 0) is 73.3 Å². The number of ketones is 2. The lowest BCUT2D eigenvalue weighted by Crippen LogP contribution is -2.64. The number of phosphoric acid groups is 1. The van der Waals surface area contributed by atoms with Crippen LogP contribution in [0.4, 0.5) is 0 Å². The average Bonchev–Trinajstić information content (AvgIpc) is 3.02. The number of fused-ring (bicyclic) bond motifs is 2. The number of hydrogen-bond acceptors (Lipinski definition) is 9. The third-order valence-electron chi connectivity index (χ3n) is 5.29. The van der Waals surface area contributed by atoms with Gasteiger partial charge in [0, 0.05) is 0 Å². The van der Waals surface area contributed by atoms with Crippen molar-refractivity contribution < 1.29 is 43.0 Å². The first-order chi connectivity index (χ1) is 15.1. The number of hydrogen-bond donors (Lipinski definition) is 3. The summed E-state index contributed by atoms with van der Waals surface area (Å²) in [6.07, 6.45) is 5.02. The summed E-state index contributed by atoms with van der Waals surface area (Å²) < 4.78 is 26.2. The van der Waals surface area contributed by atoms with E-state index >= 15 is 0 Å². The summed E-state index contributed by atoms with van der Waals surface area (Å²) in [4.78, 5) is 26.5. The van der Waals surface area contributed by atoms with E-state index in [0.717, 1.165) is 11.1 Å². The van der Waals surface area contributed by atoms with E-state index in [9.17, 15) is 29.5 Å². The van der Waals surface area contributed by atoms with Gasteiger partial charge in [0.2, 0.25) is 12.1 Å². The van der Waals surface area contributed by atoms with E-state index in [1.54, 1.807) is 13.8 Å². The van der Waals surface area contributed by atoms with Crippen LogP contribution in [0.25, 0.3) is 0 Å². The van der Waals surface area contributed by atoms with Gasteiger partial charge >= 0.3 is 13.6 Å². The van der Waals surface area contributed by atoms with Gasteiger partial charge in [-0.15, -0.1) is 0 Å². The van der Waals surface area contributed by atoms with Crippen molar-refractivity contribution in [3.63, 3.8) is 0 Å². The van der Waals surface area contributed by atoms with Crippen LogP contribution in [-0.2, 0) is 27.7 Å². The molecule has 0 spiro atoms. The van der Waals surface area contributed by atoms with Crippen molar-refractivity contribution in [1.29, 1.82) is 0 Å². The predicted molar refractivity (Wildman–Crippen MR) is 121 cm³/mol. The molecule has 2 rings (SSSR count). The van der Waals surface area contributed by atoms with Crippen molar-refractivity contribution >= 4 is 19.4 Å². The highest BCUT2D eigenvalue weighted by molar-refractivity contribution is 7.49. The minimum absolute atomic E-state index is 0.300. The Hall–Kier alpha value is -1.71. The Balaban J connectivity index is 2.44. The summed E-state index contributed by atoms with van der Waals surface area (Å²) in [6.45, 7) is 11.0. The lowest BCUT2D eigenvalue weighted by Gasteiger charge is -2.34. The zero-order valence-corrected chi connectivity index (χ0v) is 20.8. The highest BCUT2D eigenvalue weighted by Crippen LogP contribution is 2.71. The van der Waals surface area contributed by atoms with Crippen LogP contribution < -0.4 is 0 Å². The topological polar surface area (TPSA) is 140 Å². The number of aliphatic hydroxyl groups is 3. The van der Waals surface area contributed by atoms with Gasteiger partial charge in [-0.1, -0.05) is 34.4 Å². The molecule has 184 valence electrons. The highest BCUT2D eigenvalue weighted by atomic mass is 31.2. The molecule has 10 heteroatoms. The Morgan fingerprint density at radius 1 is 0.939 bits per heavy atom. The summed E-state index contributed by atoms with van der Waals surface area (Å²) in [5, 5.41) is 31.3. The van der Waals surface area contributed by atoms with Crippen molar-refractivity contribution in [2.75, 3.05) is 0 Å². The van der Waals surface area contributed by atoms with Crippen LogP contribution in [0.1, 0.15) is 67.2 Å². The number of carbonyl (C=O) groups is 2. The summed E-state index contributed by atoms with van der Waals surface area (Å²) in [6, 6.07) is 0. The van der Waals surface area contributed by atoms with Gasteiger partial charge in [-0.25, -0.2) is 13.6 Å². The lowest BCUT2D eigenvalue weighted by atomic mass is 9.88. The van der Waals surface area contributed by atoms with E-state index in [4.69, 9.17) is 4.52 Å². The van der Waals surface area contributed by atoms with E-state index in [-0.39, 0.29) is 0 Å². The van der Waals surface area contributed by atoms with Gasteiger partial charge in [0.05, 0.1) is 5.57 Å². The van der Waals surface area contributed by atoms with Crippen LogP contribution in [0.2, 0.25) is 0 Å². The first-order valence-electron chi connectivity index (χ1n) is 10.7. The molecule has 2 fully saturated rings. The maximum atomic E-state index is 13.4. The fourth-order valence-electron chi connectivity index (χ4n) is 3.48. The van der Waals surface area contributed by atoms with Gasteiger partial charge in [-0.2, -0.15) is 0 Å². The Labute approximate surface area is 194 Å². The molecule has 4 unspecified atom stereocenters. The van der Waals surface area contributed by atoms with Crippen molar-refractivity contribution in [1.82, 2.24) is 0 Å². The molecular formula is C23H33O9P. The first-order valence-corrected chi connectivity index (χ1v) is 12.2. The van der Waals surface area contributed by atoms with Crippen LogP contribution in [0.3, 0.4) is 0 Å². The molecule has 0 aromatic rings. The molecule has 0 aromatic heterocycles. The third-order valence-corrected chi connectivity index (χ3v) is 6.74. The molecule has 2 saturated heterocycles. The minimum atomic E-state index is -4.60. The molecule has 3 N–H and O–H groups in total. The standard InChI is InChI=1S/C23H33O9P/c1-14(2)9-7-11-16(5)13-18(24)19(17(6)12-8-10-15(3)4)20(25)22(27)23(28)21(26)30-33(29,31-22)32-23/h9-10,13,21,26-28H,7-8,11-12H2,1-6H3/b16-13+,19-17+. The summed E-state index contributed by atoms with van der Waals surface area (Å²) in [5.74, 6) is -8.50. The van der Waals surface area contributed by atoms with E-state index in [1.807, 2.05) is 39.8 Å². The maximum Gasteiger partial charge on any atom is 0.483 e. The van der Waals surface area contributed by atoms with Crippen LogP contribution in [0.15, 0.2) is 46.1 Å². The second-order valence-corrected chi connectivity index (χ2v) is 10.4. The van der Waals surface area contributed by atoms with Crippen molar-refractivity contribution in [2.24, 2.45) is 0 Å². The molecule has 0 saturated carbocycles. The molecule has 2 heterocycles. The largest absolute Gasteiger partial charge is 0.483 e. The molecule has 9 nitrogen and oxygen atoms in total. The molecule has 2 aliphatic heterocycles. The third kappa shape index (κ3) is 5.87. The number of allylic oxidation sites excluding steroid dienone is 7. The molecule has 33 heavy (non-hydrogen) atoms. The fraction of sp³-hybridized carbons (Fsp3) is 0.565.